The first-order valence-corrected chi connectivity index (χ1v) is 7.58. The highest BCUT2D eigenvalue weighted by atomic mass is 16.6. The number of para-hydroxylation sites is 1. The average molecular weight is 351 g/mol. The normalized spacial score (nSPS) is 11.3. The molecule has 2 aromatic carbocycles. The third-order valence-electron chi connectivity index (χ3n) is 3.46. The Morgan fingerprint density at radius 2 is 1.88 bits per heavy atom. The summed E-state index contributed by atoms with van der Waals surface area (Å²) in [7, 11) is 0. The van der Waals surface area contributed by atoms with Crippen molar-refractivity contribution >= 4 is 34.2 Å². The molecule has 1 heterocycles. The number of carbonyl (C=O) groups is 2. The van der Waals surface area contributed by atoms with Crippen LogP contribution in [0, 0.1) is 10.1 Å². The van der Waals surface area contributed by atoms with Gasteiger partial charge in [-0.25, -0.2) is 4.99 Å². The number of non-ortho nitro benzene ring substituents is 1. The molecule has 0 spiro atoms. The van der Waals surface area contributed by atoms with Gasteiger partial charge in [-0.2, -0.15) is 0 Å². The molecule has 130 valence electrons. The topological polar surface area (TPSA) is 115 Å². The number of imide groups is 1. The van der Waals surface area contributed by atoms with Crippen molar-refractivity contribution in [3.63, 3.8) is 0 Å². The largest absolute Gasteiger partial charge is 0.438 e. The molecule has 0 fully saturated rings. The van der Waals surface area contributed by atoms with E-state index in [0.717, 1.165) is 0 Å². The van der Waals surface area contributed by atoms with Crippen molar-refractivity contribution in [1.82, 2.24) is 5.32 Å². The van der Waals surface area contributed by atoms with Gasteiger partial charge in [-0.3, -0.25) is 25.0 Å². The van der Waals surface area contributed by atoms with Crippen molar-refractivity contribution in [2.75, 3.05) is 0 Å². The minimum Gasteiger partial charge on any atom is -0.438 e. The Kier molecular flexibility index (Phi) is 4.57. The van der Waals surface area contributed by atoms with Crippen LogP contribution >= 0.6 is 0 Å². The van der Waals surface area contributed by atoms with Gasteiger partial charge < -0.3 is 4.42 Å². The molecule has 2 amide bonds. The first kappa shape index (κ1) is 17.0. The van der Waals surface area contributed by atoms with Crippen LogP contribution in [0.2, 0.25) is 0 Å². The number of hydrogen-bond acceptors (Lipinski definition) is 6. The summed E-state index contributed by atoms with van der Waals surface area (Å²) in [5.41, 5.74) is 0.585. The quantitative estimate of drug-likeness (QED) is 0.575. The van der Waals surface area contributed by atoms with Gasteiger partial charge >= 0.3 is 0 Å². The van der Waals surface area contributed by atoms with Crippen molar-refractivity contribution in [3.05, 3.63) is 75.8 Å². The Morgan fingerprint density at radius 1 is 1.12 bits per heavy atom. The molecule has 0 radical (unpaired) electrons. The number of rotatable bonds is 3. The number of amides is 2. The van der Waals surface area contributed by atoms with E-state index in [4.69, 9.17) is 4.42 Å². The highest BCUT2D eigenvalue weighted by Gasteiger charge is 2.14. The zero-order valence-electron chi connectivity index (χ0n) is 13.6. The predicted octanol–water partition coefficient (Wildman–Crippen LogP) is 2.85. The Bertz CT molecular complexity index is 1100. The van der Waals surface area contributed by atoms with Crippen molar-refractivity contribution in [1.29, 1.82) is 0 Å². The fourth-order valence-electron chi connectivity index (χ4n) is 2.34. The number of nitrogens with one attached hydrogen (secondary N) is 1. The second-order valence-corrected chi connectivity index (χ2v) is 5.40. The molecule has 0 saturated heterocycles. The highest BCUT2D eigenvalue weighted by molar-refractivity contribution is 6.05. The molecule has 1 aromatic heterocycles. The second kappa shape index (κ2) is 6.98. The SMILES string of the molecule is CC(=O)NC(=O)c1cc2ccccc2oc1=Nc1cccc([N+](=O)[O-])c1. The number of hydrogen-bond donors (Lipinski definition) is 1. The fourth-order valence-corrected chi connectivity index (χ4v) is 2.34. The zero-order chi connectivity index (χ0) is 18.7. The van der Waals surface area contributed by atoms with Gasteiger partial charge in [-0.05, 0) is 18.2 Å². The van der Waals surface area contributed by atoms with E-state index in [2.05, 4.69) is 10.3 Å². The number of benzene rings is 2. The molecule has 0 saturated carbocycles. The lowest BCUT2D eigenvalue weighted by Crippen LogP contribution is -2.32. The lowest BCUT2D eigenvalue weighted by atomic mass is 10.1. The van der Waals surface area contributed by atoms with Crippen molar-refractivity contribution < 1.29 is 18.9 Å². The number of nitro benzene ring substituents is 1. The van der Waals surface area contributed by atoms with Gasteiger partial charge in [0.05, 0.1) is 10.6 Å². The van der Waals surface area contributed by atoms with Gasteiger partial charge in [0.15, 0.2) is 0 Å². The van der Waals surface area contributed by atoms with E-state index in [1.165, 1.54) is 25.1 Å². The van der Waals surface area contributed by atoms with Crippen LogP contribution in [-0.4, -0.2) is 16.7 Å². The monoisotopic (exact) mass is 351 g/mol. The molecule has 0 unspecified atom stereocenters. The molecule has 0 aliphatic rings. The maximum absolute atomic E-state index is 12.3. The third kappa shape index (κ3) is 3.64. The summed E-state index contributed by atoms with van der Waals surface area (Å²) < 4.78 is 5.69. The molecule has 8 heteroatoms. The first-order chi connectivity index (χ1) is 12.4. The standard InChI is InChI=1S/C18H13N3O5/c1-11(22)19-17(23)15-9-12-5-2-3-8-16(12)26-18(15)20-13-6-4-7-14(10-13)21(24)25/h2-10H,1H3,(H,19,22,23). The molecule has 0 atom stereocenters. The molecule has 1 N–H and O–H groups in total. The molecule has 8 nitrogen and oxygen atoms in total. The molecule has 0 aliphatic carbocycles. The van der Waals surface area contributed by atoms with Crippen molar-refractivity contribution in [2.45, 2.75) is 6.92 Å². The van der Waals surface area contributed by atoms with Gasteiger partial charge in [-0.15, -0.1) is 0 Å². The summed E-state index contributed by atoms with van der Waals surface area (Å²) in [5.74, 6) is -1.19. The number of carbonyl (C=O) groups excluding carboxylic acids is 2. The lowest BCUT2D eigenvalue weighted by molar-refractivity contribution is -0.384. The molecule has 0 bridgehead atoms. The summed E-state index contributed by atoms with van der Waals surface area (Å²) in [4.78, 5) is 38.1. The summed E-state index contributed by atoms with van der Waals surface area (Å²) in [6.45, 7) is 1.22. The smallest absolute Gasteiger partial charge is 0.271 e. The lowest BCUT2D eigenvalue weighted by Gasteiger charge is -2.04. The van der Waals surface area contributed by atoms with E-state index in [9.17, 15) is 19.7 Å². The van der Waals surface area contributed by atoms with E-state index < -0.39 is 16.7 Å². The second-order valence-electron chi connectivity index (χ2n) is 5.40. The zero-order valence-corrected chi connectivity index (χ0v) is 13.6. The summed E-state index contributed by atoms with van der Waals surface area (Å²) >= 11 is 0. The summed E-state index contributed by atoms with van der Waals surface area (Å²) in [6.07, 6.45) is 0. The maximum Gasteiger partial charge on any atom is 0.271 e. The molecule has 26 heavy (non-hydrogen) atoms. The minimum absolute atomic E-state index is 0.0467. The summed E-state index contributed by atoms with van der Waals surface area (Å²) in [6, 6.07) is 14.2. The molecule has 0 aliphatic heterocycles. The Morgan fingerprint density at radius 3 is 2.62 bits per heavy atom. The van der Waals surface area contributed by atoms with Crippen molar-refractivity contribution in [2.24, 2.45) is 4.99 Å². The van der Waals surface area contributed by atoms with Crippen LogP contribution in [-0.2, 0) is 4.79 Å². The van der Waals surface area contributed by atoms with Crippen LogP contribution in [0.3, 0.4) is 0 Å². The average Bonchev–Trinajstić information content (AvgIpc) is 2.60. The third-order valence-corrected chi connectivity index (χ3v) is 3.46. The Hall–Kier alpha value is -3.81. The van der Waals surface area contributed by atoms with Crippen LogP contribution in [0.1, 0.15) is 17.3 Å². The highest BCUT2D eigenvalue weighted by Crippen LogP contribution is 2.20. The minimum atomic E-state index is -0.670. The molecule has 3 aromatic rings. The molecular formula is C18H13N3O5. The fraction of sp³-hybridized carbons (Fsp3) is 0.0556. The van der Waals surface area contributed by atoms with Gasteiger partial charge in [0.2, 0.25) is 11.5 Å². The van der Waals surface area contributed by atoms with Crippen LogP contribution < -0.4 is 10.9 Å². The maximum atomic E-state index is 12.3. The van der Waals surface area contributed by atoms with Gasteiger partial charge in [0, 0.05) is 24.4 Å². The molecular weight excluding hydrogens is 338 g/mol. The van der Waals surface area contributed by atoms with Gasteiger partial charge in [0.1, 0.15) is 11.1 Å². The first-order valence-electron chi connectivity index (χ1n) is 7.58. The van der Waals surface area contributed by atoms with E-state index in [0.29, 0.717) is 11.0 Å². The van der Waals surface area contributed by atoms with Crippen molar-refractivity contribution in [3.8, 4) is 0 Å². The number of nitro groups is 1. The number of fused-ring (bicyclic) bond motifs is 1. The van der Waals surface area contributed by atoms with Crippen LogP contribution in [0.25, 0.3) is 11.0 Å². The van der Waals surface area contributed by atoms with E-state index in [1.54, 1.807) is 36.4 Å². The van der Waals surface area contributed by atoms with Gasteiger partial charge in [-0.1, -0.05) is 24.3 Å². The van der Waals surface area contributed by atoms with E-state index >= 15 is 0 Å². The Labute approximate surface area is 146 Å². The predicted molar refractivity (Wildman–Crippen MR) is 92.7 cm³/mol. The van der Waals surface area contributed by atoms with Crippen LogP contribution in [0.5, 0.6) is 0 Å². The van der Waals surface area contributed by atoms with Gasteiger partial charge in [0.25, 0.3) is 11.6 Å². The van der Waals surface area contributed by atoms with E-state index in [-0.39, 0.29) is 22.5 Å². The van der Waals surface area contributed by atoms with Crippen LogP contribution in [0.15, 0.2) is 64.0 Å². The molecule has 3 rings (SSSR count). The van der Waals surface area contributed by atoms with Crippen LogP contribution in [0.4, 0.5) is 11.4 Å². The summed E-state index contributed by atoms with van der Waals surface area (Å²) in [5, 5.41) is 13.7. The number of nitrogens with zero attached hydrogens (tertiary/aromatic N) is 2. The Balaban J connectivity index is 2.22. The van der Waals surface area contributed by atoms with E-state index in [1.807, 2.05) is 0 Å².